The van der Waals surface area contributed by atoms with Crippen LogP contribution in [0.15, 0.2) is 77.6 Å². The zero-order chi connectivity index (χ0) is 18.8. The number of halogens is 1. The van der Waals surface area contributed by atoms with Gasteiger partial charge < -0.3 is 5.43 Å². The van der Waals surface area contributed by atoms with Crippen molar-refractivity contribution in [2.24, 2.45) is 0 Å². The zero-order valence-electron chi connectivity index (χ0n) is 14.8. The highest BCUT2D eigenvalue weighted by atomic mass is 35.5. The van der Waals surface area contributed by atoms with Gasteiger partial charge in [-0.3, -0.25) is 4.79 Å². The number of nitrogens with zero attached hydrogens (tertiary/aromatic N) is 2. The van der Waals surface area contributed by atoms with Gasteiger partial charge in [-0.05, 0) is 36.8 Å². The van der Waals surface area contributed by atoms with Crippen molar-refractivity contribution in [3.63, 3.8) is 0 Å². The third-order valence-corrected chi connectivity index (χ3v) is 4.81. The number of rotatable bonds is 4. The molecule has 0 spiro atoms. The van der Waals surface area contributed by atoms with Gasteiger partial charge in [-0.25, -0.2) is 9.66 Å². The number of hydrogen-bond acceptors (Lipinski definition) is 3. The van der Waals surface area contributed by atoms with Crippen LogP contribution in [0.5, 0.6) is 0 Å². The maximum absolute atomic E-state index is 13.1. The molecule has 1 N–H and O–H groups in total. The second-order valence-electron chi connectivity index (χ2n) is 6.39. The fourth-order valence-corrected chi connectivity index (χ4v) is 3.27. The van der Waals surface area contributed by atoms with E-state index in [-0.39, 0.29) is 5.56 Å². The third kappa shape index (κ3) is 3.44. The largest absolute Gasteiger partial charge is 0.317 e. The van der Waals surface area contributed by atoms with Crippen LogP contribution in [0.25, 0.3) is 22.3 Å². The van der Waals surface area contributed by atoms with E-state index in [1.165, 1.54) is 4.68 Å². The molecular weight excluding hydrogens is 358 g/mol. The van der Waals surface area contributed by atoms with Gasteiger partial charge in [0.15, 0.2) is 5.82 Å². The molecule has 0 saturated heterocycles. The van der Waals surface area contributed by atoms with Crippen molar-refractivity contribution in [2.75, 3.05) is 5.43 Å². The smallest absolute Gasteiger partial charge is 0.280 e. The van der Waals surface area contributed by atoms with Crippen molar-refractivity contribution in [1.82, 2.24) is 9.66 Å². The molecule has 4 nitrogen and oxygen atoms in total. The molecule has 1 aromatic heterocycles. The van der Waals surface area contributed by atoms with E-state index >= 15 is 0 Å². The fraction of sp³-hybridized carbons (Fsp3) is 0.0909. The molecule has 134 valence electrons. The first kappa shape index (κ1) is 17.3. The van der Waals surface area contributed by atoms with Gasteiger partial charge in [0.1, 0.15) is 0 Å². The summed E-state index contributed by atoms with van der Waals surface area (Å²) >= 11 is 6.26. The monoisotopic (exact) mass is 375 g/mol. The van der Waals surface area contributed by atoms with Crippen LogP contribution in [0.4, 0.5) is 0 Å². The van der Waals surface area contributed by atoms with Crippen molar-refractivity contribution in [1.29, 1.82) is 0 Å². The van der Waals surface area contributed by atoms with Crippen molar-refractivity contribution >= 4 is 22.5 Å². The number of benzene rings is 3. The van der Waals surface area contributed by atoms with E-state index in [1.807, 2.05) is 73.7 Å². The van der Waals surface area contributed by atoms with Gasteiger partial charge in [0.05, 0.1) is 17.4 Å². The fourth-order valence-electron chi connectivity index (χ4n) is 3.06. The molecule has 0 bridgehead atoms. The third-order valence-electron chi connectivity index (χ3n) is 4.44. The van der Waals surface area contributed by atoms with Crippen LogP contribution in [0.3, 0.4) is 0 Å². The molecule has 0 fully saturated rings. The molecule has 0 radical (unpaired) electrons. The van der Waals surface area contributed by atoms with Gasteiger partial charge in [-0.15, -0.1) is 0 Å². The van der Waals surface area contributed by atoms with Crippen LogP contribution < -0.4 is 11.0 Å². The minimum absolute atomic E-state index is 0.135. The van der Waals surface area contributed by atoms with Crippen molar-refractivity contribution in [2.45, 2.75) is 13.5 Å². The summed E-state index contributed by atoms with van der Waals surface area (Å²) in [5.74, 6) is 0.578. The Morgan fingerprint density at radius 3 is 2.59 bits per heavy atom. The lowest BCUT2D eigenvalue weighted by molar-refractivity contribution is 0.801. The number of para-hydroxylation sites is 1. The summed E-state index contributed by atoms with van der Waals surface area (Å²) in [7, 11) is 0. The second kappa shape index (κ2) is 7.25. The van der Waals surface area contributed by atoms with Gasteiger partial charge in [-0.1, -0.05) is 65.7 Å². The molecule has 0 saturated carbocycles. The van der Waals surface area contributed by atoms with Gasteiger partial charge in [0, 0.05) is 10.6 Å². The van der Waals surface area contributed by atoms with Crippen LogP contribution in [0.2, 0.25) is 5.02 Å². The summed E-state index contributed by atoms with van der Waals surface area (Å²) in [5, 5.41) is 1.23. The Hall–Kier alpha value is -3.11. The van der Waals surface area contributed by atoms with E-state index in [0.29, 0.717) is 28.3 Å². The summed E-state index contributed by atoms with van der Waals surface area (Å²) in [6.45, 7) is 2.43. The molecule has 0 unspecified atom stereocenters. The quantitative estimate of drug-likeness (QED) is 0.559. The molecule has 0 aliphatic rings. The Bertz CT molecular complexity index is 1180. The molecular formula is C22H18ClN3O. The summed E-state index contributed by atoms with van der Waals surface area (Å²) in [6.07, 6.45) is 0. The topological polar surface area (TPSA) is 46.9 Å². The molecule has 3 aromatic carbocycles. The highest BCUT2D eigenvalue weighted by molar-refractivity contribution is 6.31. The molecule has 0 amide bonds. The molecule has 0 aliphatic carbocycles. The van der Waals surface area contributed by atoms with E-state index in [1.54, 1.807) is 6.07 Å². The van der Waals surface area contributed by atoms with Crippen LogP contribution in [0.1, 0.15) is 11.1 Å². The Kier molecular flexibility index (Phi) is 4.65. The van der Waals surface area contributed by atoms with Gasteiger partial charge in [-0.2, -0.15) is 0 Å². The van der Waals surface area contributed by atoms with E-state index in [4.69, 9.17) is 16.6 Å². The first-order valence-corrected chi connectivity index (χ1v) is 9.07. The Balaban J connectivity index is 1.86. The van der Waals surface area contributed by atoms with Crippen LogP contribution in [0, 0.1) is 6.92 Å². The number of hydrogen-bond donors (Lipinski definition) is 1. The lowest BCUT2D eigenvalue weighted by atomic mass is 10.1. The molecule has 4 rings (SSSR count). The van der Waals surface area contributed by atoms with Crippen molar-refractivity contribution in [3.05, 3.63) is 99.3 Å². The SMILES string of the molecule is Cc1cccc(-c2nc3ccccc3c(=O)n2NCc2ccccc2Cl)c1. The molecule has 1 heterocycles. The van der Waals surface area contributed by atoms with Gasteiger partial charge >= 0.3 is 0 Å². The summed E-state index contributed by atoms with van der Waals surface area (Å²) in [4.78, 5) is 17.9. The number of aromatic nitrogens is 2. The average Bonchev–Trinajstić information content (AvgIpc) is 2.68. The first-order chi connectivity index (χ1) is 13.1. The van der Waals surface area contributed by atoms with E-state index in [9.17, 15) is 4.79 Å². The van der Waals surface area contributed by atoms with Crippen LogP contribution in [-0.4, -0.2) is 9.66 Å². The van der Waals surface area contributed by atoms with E-state index in [2.05, 4.69) is 5.43 Å². The zero-order valence-corrected chi connectivity index (χ0v) is 15.6. The average molecular weight is 376 g/mol. The highest BCUT2D eigenvalue weighted by Crippen LogP contribution is 2.20. The number of nitrogens with one attached hydrogen (secondary N) is 1. The van der Waals surface area contributed by atoms with Crippen LogP contribution >= 0.6 is 11.6 Å². The van der Waals surface area contributed by atoms with Gasteiger partial charge in [0.25, 0.3) is 5.56 Å². The Labute approximate surface area is 162 Å². The normalized spacial score (nSPS) is 10.9. The Morgan fingerprint density at radius 1 is 1.00 bits per heavy atom. The minimum atomic E-state index is -0.135. The minimum Gasteiger partial charge on any atom is -0.317 e. The predicted molar refractivity (Wildman–Crippen MR) is 111 cm³/mol. The van der Waals surface area contributed by atoms with E-state index in [0.717, 1.165) is 16.7 Å². The van der Waals surface area contributed by atoms with E-state index < -0.39 is 0 Å². The molecule has 0 atom stereocenters. The summed E-state index contributed by atoms with van der Waals surface area (Å²) in [5.41, 5.74) is 6.64. The molecule has 4 aromatic rings. The van der Waals surface area contributed by atoms with Gasteiger partial charge in [0.2, 0.25) is 0 Å². The maximum Gasteiger partial charge on any atom is 0.280 e. The van der Waals surface area contributed by atoms with Crippen molar-refractivity contribution in [3.8, 4) is 11.4 Å². The molecule has 5 heteroatoms. The lowest BCUT2D eigenvalue weighted by Crippen LogP contribution is -2.31. The summed E-state index contributed by atoms with van der Waals surface area (Å²) < 4.78 is 1.51. The van der Waals surface area contributed by atoms with Crippen molar-refractivity contribution < 1.29 is 0 Å². The Morgan fingerprint density at radius 2 is 1.78 bits per heavy atom. The lowest BCUT2D eigenvalue weighted by Gasteiger charge is -2.16. The highest BCUT2D eigenvalue weighted by Gasteiger charge is 2.13. The molecule has 0 aliphatic heterocycles. The standard InChI is InChI=1S/C22H18ClN3O/c1-15-7-6-9-16(13-15)21-25-20-12-5-3-10-18(20)22(27)26(21)24-14-17-8-2-4-11-19(17)23/h2-13,24H,14H2,1H3. The number of aryl methyl sites for hydroxylation is 1. The summed E-state index contributed by atoms with van der Waals surface area (Å²) in [6, 6.07) is 22.9. The van der Waals surface area contributed by atoms with Crippen LogP contribution in [-0.2, 0) is 6.54 Å². The number of fused-ring (bicyclic) bond motifs is 1. The first-order valence-electron chi connectivity index (χ1n) is 8.69. The predicted octanol–water partition coefficient (Wildman–Crippen LogP) is 4.77. The molecule has 27 heavy (non-hydrogen) atoms. The second-order valence-corrected chi connectivity index (χ2v) is 6.80. The maximum atomic E-state index is 13.1.